The van der Waals surface area contributed by atoms with E-state index in [1.165, 1.54) is 0 Å². The Kier molecular flexibility index (Phi) is 11.3. The topological polar surface area (TPSA) is 175 Å². The van der Waals surface area contributed by atoms with Gasteiger partial charge < -0.3 is 34.8 Å². The molecule has 0 saturated carbocycles. The highest BCUT2D eigenvalue weighted by Gasteiger charge is 2.39. The number of hydrogen-bond donors (Lipinski definition) is 3. The SMILES string of the molecule is CO[C@@H]1C[C@H](c2ccc(C(=O)N3CCC(F)(CN4CCC(n5cc(C)c6cc(N7CCC(=O)NC7=O)cnc65)CC4)CC3)cc2)CN(c2cc(-c3ccccc3O)nnc2N)C1. The van der Waals surface area contributed by atoms with Gasteiger partial charge in [-0.2, -0.15) is 0 Å². The molecule has 0 bridgehead atoms. The molecule has 324 valence electrons. The lowest BCUT2D eigenvalue weighted by Gasteiger charge is -2.41. The van der Waals surface area contributed by atoms with Crippen molar-refractivity contribution < 1.29 is 28.6 Å². The first-order valence-corrected chi connectivity index (χ1v) is 21.5. The fourth-order valence-corrected chi connectivity index (χ4v) is 9.75. The van der Waals surface area contributed by atoms with Crippen LogP contribution in [0.25, 0.3) is 22.3 Å². The summed E-state index contributed by atoms with van der Waals surface area (Å²) in [4.78, 5) is 50.2. The quantitative estimate of drug-likeness (QED) is 0.163. The predicted octanol–water partition coefficient (Wildman–Crippen LogP) is 5.83. The number of benzene rings is 2. The molecule has 0 unspecified atom stereocenters. The van der Waals surface area contributed by atoms with Crippen molar-refractivity contribution in [2.45, 2.75) is 69.2 Å². The molecule has 0 spiro atoms. The first-order chi connectivity index (χ1) is 29.9. The molecule has 2 atom stereocenters. The summed E-state index contributed by atoms with van der Waals surface area (Å²) >= 11 is 0. The number of imide groups is 1. The second-order valence-corrected chi connectivity index (χ2v) is 17.3. The number of nitrogen functional groups attached to an aromatic ring is 1. The van der Waals surface area contributed by atoms with Crippen LogP contribution in [0.3, 0.4) is 0 Å². The monoisotopic (exact) mass is 844 g/mol. The normalized spacial score (nSPS) is 21.4. The van der Waals surface area contributed by atoms with Crippen molar-refractivity contribution in [3.63, 3.8) is 0 Å². The second kappa shape index (κ2) is 17.0. The Morgan fingerprint density at radius 1 is 1.00 bits per heavy atom. The number of piperidine rings is 3. The van der Waals surface area contributed by atoms with Gasteiger partial charge >= 0.3 is 6.03 Å². The summed E-state index contributed by atoms with van der Waals surface area (Å²) in [6, 6.07) is 18.4. The summed E-state index contributed by atoms with van der Waals surface area (Å²) in [5.41, 5.74) is 11.0. The number of halogens is 1. The summed E-state index contributed by atoms with van der Waals surface area (Å²) in [5, 5.41) is 22.3. The summed E-state index contributed by atoms with van der Waals surface area (Å²) in [6.45, 7) is 6.23. The van der Waals surface area contributed by atoms with Crippen LogP contribution in [0.2, 0.25) is 0 Å². The summed E-state index contributed by atoms with van der Waals surface area (Å²) in [6.07, 6.45) is 7.10. The number of amides is 4. The highest BCUT2D eigenvalue weighted by molar-refractivity contribution is 6.06. The molecule has 7 heterocycles. The number of ether oxygens (including phenoxy) is 1. The van der Waals surface area contributed by atoms with E-state index in [1.807, 2.05) is 49.4 Å². The van der Waals surface area contributed by atoms with Crippen LogP contribution in [-0.2, 0) is 9.53 Å². The van der Waals surface area contributed by atoms with E-state index >= 15 is 4.39 Å². The van der Waals surface area contributed by atoms with Crippen molar-refractivity contribution in [3.8, 4) is 17.0 Å². The van der Waals surface area contributed by atoms with Crippen LogP contribution >= 0.6 is 0 Å². The van der Waals surface area contributed by atoms with E-state index < -0.39 is 11.7 Å². The number of aryl methyl sites for hydroxylation is 1. The van der Waals surface area contributed by atoms with Gasteiger partial charge in [-0.1, -0.05) is 24.3 Å². The maximum absolute atomic E-state index is 16.4. The molecule has 4 amide bonds. The molecular formula is C46H53FN10O5. The molecule has 5 aromatic rings. The Morgan fingerprint density at radius 2 is 1.76 bits per heavy atom. The van der Waals surface area contributed by atoms with Crippen LogP contribution in [0.1, 0.15) is 72.0 Å². The highest BCUT2D eigenvalue weighted by Crippen LogP contribution is 2.38. The van der Waals surface area contributed by atoms with Gasteiger partial charge in [-0.3, -0.25) is 19.8 Å². The van der Waals surface area contributed by atoms with Crippen LogP contribution < -0.4 is 20.9 Å². The van der Waals surface area contributed by atoms with E-state index in [0.717, 1.165) is 60.2 Å². The van der Waals surface area contributed by atoms with Gasteiger partial charge in [0.15, 0.2) is 5.82 Å². The number of rotatable bonds is 9. The average Bonchev–Trinajstić information content (AvgIpc) is 3.62. The molecule has 16 heteroatoms. The number of nitrogens with two attached hydrogens (primary N) is 1. The van der Waals surface area contributed by atoms with Crippen LogP contribution in [0.4, 0.5) is 26.4 Å². The number of likely N-dealkylation sites (tertiary alicyclic amines) is 2. The van der Waals surface area contributed by atoms with E-state index in [1.54, 1.807) is 41.3 Å². The van der Waals surface area contributed by atoms with Crippen molar-refractivity contribution in [2.75, 3.05) is 75.0 Å². The minimum atomic E-state index is -1.37. The lowest BCUT2D eigenvalue weighted by Crippen LogP contribution is -2.51. The summed E-state index contributed by atoms with van der Waals surface area (Å²) in [5.74, 6) is 0.140. The van der Waals surface area contributed by atoms with Gasteiger partial charge in [0.2, 0.25) is 5.91 Å². The van der Waals surface area contributed by atoms with Gasteiger partial charge in [0.25, 0.3) is 5.91 Å². The molecular weight excluding hydrogens is 792 g/mol. The molecule has 4 N–H and O–H groups in total. The third-order valence-electron chi connectivity index (χ3n) is 13.3. The standard InChI is InChI=1S/C46H53FN10O5/c1-29-25-57(43-37(29)22-34(24-49-43)56-18-13-41(59)50-45(56)61)33-11-16-53(17-12-33)28-46(47)14-19-54(20-15-46)44(60)31-9-7-30(8-10-31)32-21-35(62-2)27-55(26-32)39-23-38(51-52-42(39)48)36-5-3-4-6-40(36)58/h3-10,22-25,32-33,35,58H,11-21,26-28H2,1-2H3,(H2,48,52)(H,50,59,61)/t32-,35+/m0/s1. The van der Waals surface area contributed by atoms with Crippen molar-refractivity contribution in [2.24, 2.45) is 0 Å². The molecule has 4 fully saturated rings. The first-order valence-electron chi connectivity index (χ1n) is 21.5. The lowest BCUT2D eigenvalue weighted by molar-refractivity contribution is -0.120. The molecule has 0 radical (unpaired) electrons. The zero-order chi connectivity index (χ0) is 43.1. The minimum absolute atomic E-state index is 0.0689. The van der Waals surface area contributed by atoms with Gasteiger partial charge in [0.05, 0.1) is 29.4 Å². The fourth-order valence-electron chi connectivity index (χ4n) is 9.75. The lowest BCUT2D eigenvalue weighted by atomic mass is 9.88. The number of nitrogens with zero attached hydrogens (tertiary/aromatic N) is 8. The number of phenols is 1. The Morgan fingerprint density at radius 3 is 2.48 bits per heavy atom. The van der Waals surface area contributed by atoms with Gasteiger partial charge in [0, 0.05) is 113 Å². The highest BCUT2D eigenvalue weighted by atomic mass is 19.1. The molecule has 4 aliphatic rings. The van der Waals surface area contributed by atoms with Crippen molar-refractivity contribution in [3.05, 3.63) is 89.7 Å². The molecule has 15 nitrogen and oxygen atoms in total. The fraction of sp³-hybridized carbons (Fsp3) is 0.435. The molecule has 9 rings (SSSR count). The zero-order valence-electron chi connectivity index (χ0n) is 35.2. The molecule has 62 heavy (non-hydrogen) atoms. The Bertz CT molecular complexity index is 2480. The smallest absolute Gasteiger partial charge is 0.328 e. The minimum Gasteiger partial charge on any atom is -0.507 e. The second-order valence-electron chi connectivity index (χ2n) is 17.3. The van der Waals surface area contributed by atoms with Gasteiger partial charge in [-0.15, -0.1) is 10.2 Å². The number of pyridine rings is 1. The predicted molar refractivity (Wildman–Crippen MR) is 234 cm³/mol. The largest absolute Gasteiger partial charge is 0.507 e. The van der Waals surface area contributed by atoms with Crippen LogP contribution in [0.5, 0.6) is 5.75 Å². The number of fused-ring (bicyclic) bond motifs is 1. The van der Waals surface area contributed by atoms with Gasteiger partial charge in [0.1, 0.15) is 17.1 Å². The average molecular weight is 845 g/mol. The number of aromatic nitrogens is 4. The van der Waals surface area contributed by atoms with Crippen molar-refractivity contribution in [1.82, 2.24) is 34.9 Å². The number of carbonyl (C=O) groups is 3. The third-order valence-corrected chi connectivity index (χ3v) is 13.3. The Labute approximate surface area is 359 Å². The van der Waals surface area contributed by atoms with E-state index in [4.69, 9.17) is 15.5 Å². The molecule has 2 aromatic carbocycles. The number of aromatic hydroxyl groups is 1. The number of anilines is 3. The third kappa shape index (κ3) is 8.28. The van der Waals surface area contributed by atoms with E-state index in [2.05, 4.69) is 36.1 Å². The number of para-hydroxylation sites is 1. The number of methoxy groups -OCH3 is 1. The van der Waals surface area contributed by atoms with Crippen LogP contribution in [-0.4, -0.2) is 124 Å². The number of nitrogens with one attached hydrogen (secondary N) is 1. The number of hydrogen-bond acceptors (Lipinski definition) is 11. The Hall–Kier alpha value is -6.13. The van der Waals surface area contributed by atoms with Crippen LogP contribution in [0, 0.1) is 6.92 Å². The molecule has 3 aromatic heterocycles. The van der Waals surface area contributed by atoms with Crippen molar-refractivity contribution in [1.29, 1.82) is 0 Å². The number of alkyl halides is 1. The maximum Gasteiger partial charge on any atom is 0.328 e. The van der Waals surface area contributed by atoms with Crippen molar-refractivity contribution >= 4 is 46.1 Å². The molecule has 4 saturated heterocycles. The van der Waals surface area contributed by atoms with E-state index in [-0.39, 0.29) is 42.0 Å². The number of carbonyl (C=O) groups excluding carboxylic acids is 3. The molecule has 4 aliphatic heterocycles. The Balaban J connectivity index is 0.783. The van der Waals surface area contributed by atoms with E-state index in [9.17, 15) is 19.5 Å². The molecule has 0 aliphatic carbocycles. The first kappa shape index (κ1) is 41.2. The van der Waals surface area contributed by atoms with Crippen LogP contribution in [0.15, 0.2) is 73.1 Å². The van der Waals surface area contributed by atoms with Gasteiger partial charge in [-0.05, 0) is 73.7 Å². The summed E-state index contributed by atoms with van der Waals surface area (Å²) in [7, 11) is 1.70. The number of phenolic OH excluding ortho intramolecular Hbond substituents is 1. The number of urea groups is 1. The maximum atomic E-state index is 16.4. The zero-order valence-corrected chi connectivity index (χ0v) is 35.2. The van der Waals surface area contributed by atoms with Gasteiger partial charge in [-0.25, -0.2) is 14.2 Å². The van der Waals surface area contributed by atoms with E-state index in [0.29, 0.717) is 80.4 Å². The summed E-state index contributed by atoms with van der Waals surface area (Å²) < 4.78 is 24.5.